The van der Waals surface area contributed by atoms with Gasteiger partial charge in [-0.25, -0.2) is 8.78 Å². The summed E-state index contributed by atoms with van der Waals surface area (Å²) in [7, 11) is 3.46. The normalized spacial score (nSPS) is 12.5. The van der Waals surface area contributed by atoms with E-state index in [0.717, 1.165) is 6.07 Å². The Balaban J connectivity index is 3.43. The smallest absolute Gasteiger partial charge is 0.170 e. The molecule has 104 valence electrons. The topological polar surface area (TPSA) is 20.3 Å². The highest BCUT2D eigenvalue weighted by molar-refractivity contribution is 6.22. The number of carbonyl (C=O) groups excluding carboxylic acids is 1. The number of hydrogen-bond acceptors (Lipinski definition) is 2. The maximum Gasteiger partial charge on any atom is 0.170 e. The number of ketones is 1. The zero-order valence-corrected chi connectivity index (χ0v) is 11.9. The van der Waals surface area contributed by atoms with E-state index in [2.05, 4.69) is 0 Å². The van der Waals surface area contributed by atoms with Crippen molar-refractivity contribution in [3.63, 3.8) is 0 Å². The molecule has 19 heavy (non-hydrogen) atoms. The van der Waals surface area contributed by atoms with Crippen LogP contribution in [0.5, 0.6) is 0 Å². The molecule has 0 saturated carbocycles. The first kappa shape index (κ1) is 15.3. The molecule has 0 radical (unpaired) electrons. The standard InChI is InChI=1S/C15H19F2NO/c1-15(2,3)14(19)11(9-18(4)5)10-7-6-8-12(16)13(10)17/h6-9H,1-5H3/b11-9+. The van der Waals surface area contributed by atoms with E-state index in [4.69, 9.17) is 0 Å². The first-order chi connectivity index (χ1) is 8.64. The van der Waals surface area contributed by atoms with Gasteiger partial charge in [0.15, 0.2) is 17.4 Å². The van der Waals surface area contributed by atoms with Gasteiger partial charge in [0.1, 0.15) is 0 Å². The van der Waals surface area contributed by atoms with Crippen LogP contribution in [0.1, 0.15) is 26.3 Å². The summed E-state index contributed by atoms with van der Waals surface area (Å²) >= 11 is 0. The summed E-state index contributed by atoms with van der Waals surface area (Å²) < 4.78 is 27.2. The van der Waals surface area contributed by atoms with Gasteiger partial charge in [0, 0.05) is 36.8 Å². The minimum Gasteiger partial charge on any atom is -0.383 e. The van der Waals surface area contributed by atoms with Crippen molar-refractivity contribution in [1.29, 1.82) is 0 Å². The van der Waals surface area contributed by atoms with Crippen LogP contribution in [0.3, 0.4) is 0 Å². The average Bonchev–Trinajstić information content (AvgIpc) is 2.27. The fraction of sp³-hybridized carbons (Fsp3) is 0.400. The molecule has 0 bridgehead atoms. The van der Waals surface area contributed by atoms with E-state index in [9.17, 15) is 13.6 Å². The molecule has 0 unspecified atom stereocenters. The molecule has 0 aromatic heterocycles. The van der Waals surface area contributed by atoms with Crippen LogP contribution < -0.4 is 0 Å². The molecular weight excluding hydrogens is 248 g/mol. The molecule has 1 aromatic carbocycles. The van der Waals surface area contributed by atoms with Crippen LogP contribution in [0, 0.1) is 17.0 Å². The molecule has 0 aliphatic carbocycles. The Kier molecular flexibility index (Phi) is 4.45. The lowest BCUT2D eigenvalue weighted by Gasteiger charge is -2.21. The van der Waals surface area contributed by atoms with E-state index in [-0.39, 0.29) is 16.9 Å². The fourth-order valence-electron chi connectivity index (χ4n) is 1.62. The van der Waals surface area contributed by atoms with E-state index < -0.39 is 17.0 Å². The Morgan fingerprint density at radius 2 is 1.79 bits per heavy atom. The lowest BCUT2D eigenvalue weighted by Crippen LogP contribution is -2.23. The number of nitrogens with zero attached hydrogens (tertiary/aromatic N) is 1. The summed E-state index contributed by atoms with van der Waals surface area (Å²) in [5, 5.41) is 0. The Labute approximate surface area is 112 Å². The molecule has 4 heteroatoms. The third-order valence-electron chi connectivity index (χ3n) is 2.55. The van der Waals surface area contributed by atoms with Gasteiger partial charge in [-0.2, -0.15) is 0 Å². The van der Waals surface area contributed by atoms with Crippen LogP contribution in [-0.4, -0.2) is 24.8 Å². The molecule has 0 aliphatic heterocycles. The van der Waals surface area contributed by atoms with E-state index in [1.54, 1.807) is 39.8 Å². The van der Waals surface area contributed by atoms with Gasteiger partial charge in [0.2, 0.25) is 0 Å². The maximum atomic E-state index is 13.9. The van der Waals surface area contributed by atoms with Gasteiger partial charge in [-0.15, -0.1) is 0 Å². The van der Waals surface area contributed by atoms with Crippen LogP contribution in [0.2, 0.25) is 0 Å². The van der Waals surface area contributed by atoms with Crippen LogP contribution in [0.25, 0.3) is 5.57 Å². The lowest BCUT2D eigenvalue weighted by molar-refractivity contribution is -0.120. The van der Waals surface area contributed by atoms with Crippen molar-refractivity contribution < 1.29 is 13.6 Å². The van der Waals surface area contributed by atoms with Crippen molar-refractivity contribution in [2.24, 2.45) is 5.41 Å². The van der Waals surface area contributed by atoms with E-state index in [1.807, 2.05) is 0 Å². The van der Waals surface area contributed by atoms with E-state index in [0.29, 0.717) is 0 Å². The predicted molar refractivity (Wildman–Crippen MR) is 72.5 cm³/mol. The van der Waals surface area contributed by atoms with Gasteiger partial charge in [-0.3, -0.25) is 4.79 Å². The SMILES string of the molecule is CN(C)/C=C(/C(=O)C(C)(C)C)c1cccc(F)c1F. The molecule has 1 rings (SSSR count). The van der Waals surface area contributed by atoms with Crippen molar-refractivity contribution in [3.05, 3.63) is 41.6 Å². The Hall–Kier alpha value is -1.71. The molecule has 2 nitrogen and oxygen atoms in total. The molecule has 0 fully saturated rings. The van der Waals surface area contributed by atoms with E-state index in [1.165, 1.54) is 18.3 Å². The molecule has 1 aromatic rings. The number of rotatable bonds is 3. The number of Topliss-reactive ketones (excluding diaryl/α,β-unsaturated/α-hetero) is 1. The monoisotopic (exact) mass is 267 g/mol. The maximum absolute atomic E-state index is 13.9. The molecule has 0 amide bonds. The number of allylic oxidation sites excluding steroid dienone is 1. The molecule has 0 heterocycles. The average molecular weight is 267 g/mol. The minimum absolute atomic E-state index is 0.00590. The summed E-state index contributed by atoms with van der Waals surface area (Å²) in [6.45, 7) is 5.24. The second kappa shape index (κ2) is 5.51. The minimum atomic E-state index is -0.992. The van der Waals surface area contributed by atoms with Gasteiger partial charge >= 0.3 is 0 Å². The Bertz CT molecular complexity index is 513. The van der Waals surface area contributed by atoms with Crippen molar-refractivity contribution in [1.82, 2.24) is 4.90 Å². The molecule has 0 atom stereocenters. The Morgan fingerprint density at radius 1 is 1.21 bits per heavy atom. The molecule has 0 spiro atoms. The van der Waals surface area contributed by atoms with Gasteiger partial charge in [0.05, 0.1) is 0 Å². The summed E-state index contributed by atoms with van der Waals surface area (Å²) in [5.74, 6) is -2.18. The van der Waals surface area contributed by atoms with Crippen LogP contribution in [0.15, 0.2) is 24.4 Å². The third-order valence-corrected chi connectivity index (χ3v) is 2.55. The van der Waals surface area contributed by atoms with Crippen molar-refractivity contribution in [2.45, 2.75) is 20.8 Å². The highest BCUT2D eigenvalue weighted by atomic mass is 19.2. The summed E-state index contributed by atoms with van der Waals surface area (Å²) in [5.41, 5.74) is -0.497. The van der Waals surface area contributed by atoms with Crippen LogP contribution in [0.4, 0.5) is 8.78 Å². The van der Waals surface area contributed by atoms with E-state index >= 15 is 0 Å². The zero-order chi connectivity index (χ0) is 14.8. The number of benzene rings is 1. The van der Waals surface area contributed by atoms with Crippen molar-refractivity contribution in [2.75, 3.05) is 14.1 Å². The molecular formula is C15H19F2NO. The number of halogens is 2. The first-order valence-corrected chi connectivity index (χ1v) is 6.02. The fourth-order valence-corrected chi connectivity index (χ4v) is 1.62. The first-order valence-electron chi connectivity index (χ1n) is 6.02. The highest BCUT2D eigenvalue weighted by Crippen LogP contribution is 2.29. The lowest BCUT2D eigenvalue weighted by atomic mass is 9.84. The van der Waals surface area contributed by atoms with Gasteiger partial charge in [0.25, 0.3) is 0 Å². The second-order valence-electron chi connectivity index (χ2n) is 5.69. The Morgan fingerprint density at radius 3 is 2.26 bits per heavy atom. The van der Waals surface area contributed by atoms with Gasteiger partial charge in [-0.1, -0.05) is 32.9 Å². The molecule has 0 aliphatic rings. The summed E-state index contributed by atoms with van der Waals surface area (Å²) in [4.78, 5) is 14.0. The van der Waals surface area contributed by atoms with Crippen LogP contribution in [-0.2, 0) is 4.79 Å². The zero-order valence-electron chi connectivity index (χ0n) is 11.9. The van der Waals surface area contributed by atoms with Crippen LogP contribution >= 0.6 is 0 Å². The van der Waals surface area contributed by atoms with Gasteiger partial charge < -0.3 is 4.90 Å². The predicted octanol–water partition coefficient (Wildman–Crippen LogP) is 3.48. The second-order valence-corrected chi connectivity index (χ2v) is 5.69. The third kappa shape index (κ3) is 3.63. The number of hydrogen-bond donors (Lipinski definition) is 0. The molecule has 0 N–H and O–H groups in total. The quantitative estimate of drug-likeness (QED) is 0.781. The molecule has 0 saturated heterocycles. The van der Waals surface area contributed by atoms with Crippen molar-refractivity contribution in [3.8, 4) is 0 Å². The number of carbonyl (C=O) groups is 1. The summed E-state index contributed by atoms with van der Waals surface area (Å²) in [6.07, 6.45) is 1.52. The largest absolute Gasteiger partial charge is 0.383 e. The van der Waals surface area contributed by atoms with Gasteiger partial charge in [-0.05, 0) is 6.07 Å². The highest BCUT2D eigenvalue weighted by Gasteiger charge is 2.28. The van der Waals surface area contributed by atoms with Crippen molar-refractivity contribution >= 4 is 11.4 Å². The summed E-state index contributed by atoms with van der Waals surface area (Å²) in [6, 6.07) is 3.85.